The molecular formula is C30H36N2O7. The van der Waals surface area contributed by atoms with Gasteiger partial charge in [0, 0.05) is 37.1 Å². The average molecular weight is 537 g/mol. The number of para-hydroxylation sites is 1. The maximum Gasteiger partial charge on any atom is 0.247 e. The van der Waals surface area contributed by atoms with Crippen molar-refractivity contribution >= 4 is 17.6 Å². The number of nitrogens with zero attached hydrogens (tertiary/aromatic N) is 1. The third-order valence-corrected chi connectivity index (χ3v) is 7.25. The van der Waals surface area contributed by atoms with Gasteiger partial charge in [0.1, 0.15) is 29.5 Å². The summed E-state index contributed by atoms with van der Waals surface area (Å²) in [6, 6.07) is 14.1. The Bertz CT molecular complexity index is 1230. The van der Waals surface area contributed by atoms with Crippen molar-refractivity contribution in [2.24, 2.45) is 0 Å². The second-order valence-corrected chi connectivity index (χ2v) is 9.92. The van der Waals surface area contributed by atoms with Crippen molar-refractivity contribution in [3.63, 3.8) is 0 Å². The first-order valence-electron chi connectivity index (χ1n) is 13.3. The predicted octanol–water partition coefficient (Wildman–Crippen LogP) is 2.15. The Balaban J connectivity index is 1.67. The lowest BCUT2D eigenvalue weighted by molar-refractivity contribution is -0.137. The van der Waals surface area contributed by atoms with E-state index in [0.717, 1.165) is 11.1 Å². The summed E-state index contributed by atoms with van der Waals surface area (Å²) in [5.41, 5.74) is 2.13. The highest BCUT2D eigenvalue weighted by atomic mass is 16.5. The number of hydrogen-bond acceptors (Lipinski definition) is 7. The molecule has 1 aliphatic heterocycles. The normalized spacial score (nSPS) is 21.2. The van der Waals surface area contributed by atoms with Gasteiger partial charge < -0.3 is 34.7 Å². The molecule has 3 N–H and O–H groups in total. The van der Waals surface area contributed by atoms with Crippen LogP contribution in [0.1, 0.15) is 43.2 Å². The minimum Gasteiger partial charge on any atom is -0.497 e. The van der Waals surface area contributed by atoms with Crippen LogP contribution in [0.5, 0.6) is 11.5 Å². The van der Waals surface area contributed by atoms with Crippen LogP contribution in [0.2, 0.25) is 0 Å². The zero-order valence-corrected chi connectivity index (χ0v) is 22.3. The van der Waals surface area contributed by atoms with Gasteiger partial charge >= 0.3 is 0 Å². The van der Waals surface area contributed by atoms with Crippen LogP contribution in [0.25, 0.3) is 0 Å². The Hall–Kier alpha value is -3.69. The zero-order valence-electron chi connectivity index (χ0n) is 22.3. The van der Waals surface area contributed by atoms with Crippen LogP contribution in [0, 0.1) is 0 Å². The number of benzene rings is 2. The van der Waals surface area contributed by atoms with Crippen LogP contribution in [-0.4, -0.2) is 77.8 Å². The number of fused-ring (bicyclic) bond motifs is 3. The Morgan fingerprint density at radius 1 is 1.10 bits per heavy atom. The minimum absolute atomic E-state index is 0.00568. The van der Waals surface area contributed by atoms with Gasteiger partial charge in [-0.1, -0.05) is 30.3 Å². The van der Waals surface area contributed by atoms with Crippen molar-refractivity contribution in [3.8, 4) is 11.5 Å². The first-order chi connectivity index (χ1) is 18.8. The lowest BCUT2D eigenvalue weighted by atomic mass is 9.77. The number of ketones is 1. The molecule has 1 aliphatic carbocycles. The molecule has 2 aromatic rings. The second-order valence-electron chi connectivity index (χ2n) is 9.92. The van der Waals surface area contributed by atoms with Crippen LogP contribution >= 0.6 is 0 Å². The van der Waals surface area contributed by atoms with Crippen molar-refractivity contribution < 1.29 is 34.1 Å². The van der Waals surface area contributed by atoms with E-state index in [1.165, 1.54) is 6.92 Å². The van der Waals surface area contributed by atoms with Crippen LogP contribution in [0.3, 0.4) is 0 Å². The van der Waals surface area contributed by atoms with Gasteiger partial charge in [-0.15, -0.1) is 0 Å². The highest BCUT2D eigenvalue weighted by Crippen LogP contribution is 2.47. The summed E-state index contributed by atoms with van der Waals surface area (Å²) in [6.07, 6.45) is 1.11. The molecule has 2 aliphatic rings. The molecule has 0 aromatic heterocycles. The van der Waals surface area contributed by atoms with Gasteiger partial charge in [0.2, 0.25) is 11.8 Å². The predicted molar refractivity (Wildman–Crippen MR) is 145 cm³/mol. The highest BCUT2D eigenvalue weighted by Gasteiger charge is 2.50. The first-order valence-corrected chi connectivity index (χ1v) is 13.3. The summed E-state index contributed by atoms with van der Waals surface area (Å²) < 4.78 is 11.5. The third kappa shape index (κ3) is 6.49. The number of aliphatic hydroxyl groups excluding tert-OH is 2. The fraction of sp³-hybridized carbons (Fsp3) is 0.433. The smallest absolute Gasteiger partial charge is 0.247 e. The zero-order chi connectivity index (χ0) is 27.9. The van der Waals surface area contributed by atoms with E-state index in [9.17, 15) is 24.6 Å². The molecule has 0 bridgehead atoms. The van der Waals surface area contributed by atoms with E-state index >= 15 is 0 Å². The van der Waals surface area contributed by atoms with E-state index in [-0.39, 0.29) is 50.1 Å². The second kappa shape index (κ2) is 12.9. The number of aliphatic hydroxyl groups is 2. The highest BCUT2D eigenvalue weighted by molar-refractivity contribution is 5.96. The van der Waals surface area contributed by atoms with Crippen LogP contribution in [-0.2, 0) is 20.8 Å². The first kappa shape index (κ1) is 28.3. The molecule has 2 aromatic carbocycles. The molecule has 0 radical (unpaired) electrons. The number of carbonyl (C=O) groups is 3. The number of hydrogen-bond donors (Lipinski definition) is 3. The van der Waals surface area contributed by atoms with Crippen molar-refractivity contribution in [1.82, 2.24) is 10.2 Å². The maximum atomic E-state index is 13.5. The summed E-state index contributed by atoms with van der Waals surface area (Å²) in [7, 11) is 1.59. The minimum atomic E-state index is -1.10. The third-order valence-electron chi connectivity index (χ3n) is 7.25. The fourth-order valence-electron chi connectivity index (χ4n) is 5.34. The number of carbonyl (C=O) groups excluding carboxylic acids is 3. The standard InChI is InChI=1S/C30H36N2O7/c1-19(34)7-5-12-26(35)32(15-13-20-8-6-9-21(17-20)38-2)24-18-23(30(37)31-14-16-33)27-22-10-3-4-11-25(22)39-29(27)28(24)36/h3-4,6,8-11,17-18,24,27-29,33,36H,5,7,12-16H2,1-2H3,(H,31,37). The molecule has 0 saturated heterocycles. The topological polar surface area (TPSA) is 125 Å². The monoisotopic (exact) mass is 536 g/mol. The molecule has 0 spiro atoms. The van der Waals surface area contributed by atoms with Crippen molar-refractivity contribution in [1.29, 1.82) is 0 Å². The molecule has 9 heteroatoms. The van der Waals surface area contributed by atoms with Gasteiger partial charge in [-0.05, 0) is 49.6 Å². The molecule has 2 amide bonds. The summed E-state index contributed by atoms with van der Waals surface area (Å²) in [6.45, 7) is 1.63. The van der Waals surface area contributed by atoms with E-state index in [1.54, 1.807) is 24.2 Å². The van der Waals surface area contributed by atoms with Gasteiger partial charge in [0.05, 0.1) is 25.7 Å². The maximum absolute atomic E-state index is 13.5. The number of methoxy groups -OCH3 is 1. The molecule has 1 heterocycles. The van der Waals surface area contributed by atoms with Crippen LogP contribution in [0.15, 0.2) is 60.2 Å². The molecule has 208 valence electrons. The number of amides is 2. The summed E-state index contributed by atoms with van der Waals surface area (Å²) in [4.78, 5) is 39.9. The largest absolute Gasteiger partial charge is 0.497 e. The quantitative estimate of drug-likeness (QED) is 0.380. The molecule has 0 fully saturated rings. The average Bonchev–Trinajstić information content (AvgIpc) is 3.33. The van der Waals surface area contributed by atoms with Gasteiger partial charge in [0.15, 0.2) is 0 Å². The molecule has 4 rings (SSSR count). The lowest BCUT2D eigenvalue weighted by Crippen LogP contribution is -2.56. The lowest BCUT2D eigenvalue weighted by Gasteiger charge is -2.41. The number of nitrogens with one attached hydrogen (secondary N) is 1. The number of ether oxygens (including phenoxy) is 2. The Kier molecular flexibility index (Phi) is 9.37. The number of rotatable bonds is 12. The summed E-state index contributed by atoms with van der Waals surface area (Å²) >= 11 is 0. The summed E-state index contributed by atoms with van der Waals surface area (Å²) in [5, 5.41) is 23.6. The van der Waals surface area contributed by atoms with E-state index in [4.69, 9.17) is 9.47 Å². The van der Waals surface area contributed by atoms with Gasteiger partial charge in [0.25, 0.3) is 0 Å². The molecule has 39 heavy (non-hydrogen) atoms. The van der Waals surface area contributed by atoms with Gasteiger partial charge in [-0.3, -0.25) is 9.59 Å². The Labute approximate surface area is 228 Å². The van der Waals surface area contributed by atoms with Crippen LogP contribution in [0.4, 0.5) is 0 Å². The van der Waals surface area contributed by atoms with Crippen LogP contribution < -0.4 is 14.8 Å². The fourth-order valence-corrected chi connectivity index (χ4v) is 5.34. The van der Waals surface area contributed by atoms with E-state index in [2.05, 4.69) is 5.32 Å². The Morgan fingerprint density at radius 2 is 1.90 bits per heavy atom. The van der Waals surface area contributed by atoms with Gasteiger partial charge in [-0.2, -0.15) is 0 Å². The molecular weight excluding hydrogens is 500 g/mol. The molecule has 4 atom stereocenters. The molecule has 0 saturated carbocycles. The van der Waals surface area contributed by atoms with E-state index in [1.807, 2.05) is 42.5 Å². The Morgan fingerprint density at radius 3 is 2.64 bits per heavy atom. The van der Waals surface area contributed by atoms with Crippen molar-refractivity contribution in [3.05, 3.63) is 71.3 Å². The van der Waals surface area contributed by atoms with Crippen molar-refractivity contribution in [2.75, 3.05) is 26.8 Å². The number of Topliss-reactive ketones (excluding diaryl/α,β-unsaturated/α-hetero) is 1. The SMILES string of the molecule is COc1cccc(CCN(C(=O)CCCC(C)=O)C2C=C(C(=O)NCCO)C3c4ccccc4OC3C2O)c1. The van der Waals surface area contributed by atoms with E-state index < -0.39 is 24.2 Å². The summed E-state index contributed by atoms with van der Waals surface area (Å²) in [5.74, 6) is 0.179. The van der Waals surface area contributed by atoms with E-state index in [0.29, 0.717) is 29.9 Å². The van der Waals surface area contributed by atoms with Crippen molar-refractivity contribution in [2.45, 2.75) is 56.8 Å². The molecule has 9 nitrogen and oxygen atoms in total. The van der Waals surface area contributed by atoms with Gasteiger partial charge in [-0.25, -0.2) is 0 Å². The molecule has 4 unspecified atom stereocenters.